The van der Waals surface area contributed by atoms with Crippen LogP contribution in [0.4, 0.5) is 4.39 Å². The molecule has 1 aliphatic carbocycles. The summed E-state index contributed by atoms with van der Waals surface area (Å²) in [4.78, 5) is 34.7. The summed E-state index contributed by atoms with van der Waals surface area (Å²) in [5, 5.41) is 0. The summed E-state index contributed by atoms with van der Waals surface area (Å²) in [7, 11) is 0. The van der Waals surface area contributed by atoms with E-state index in [9.17, 15) is 9.59 Å². The van der Waals surface area contributed by atoms with Crippen LogP contribution in [0.25, 0.3) is 11.1 Å². The molecule has 184 valence electrons. The highest BCUT2D eigenvalue weighted by Gasteiger charge is 2.47. The number of amides is 1. The second-order valence-electron chi connectivity index (χ2n) is 9.66. The quantitative estimate of drug-likeness (QED) is 0.401. The molecule has 0 bridgehead atoms. The third kappa shape index (κ3) is 3.67. The number of carbonyl (C=O) groups excluding carboxylic acids is 1. The maximum absolute atomic E-state index is 15.5. The normalized spacial score (nSPS) is 19.1. The molecule has 7 rings (SSSR count). The number of para-hydroxylation sites is 2. The Hall–Kier alpha value is -4.46. The van der Waals surface area contributed by atoms with Crippen LogP contribution in [-0.2, 0) is 4.79 Å². The highest BCUT2D eigenvalue weighted by molar-refractivity contribution is 6.25. The Labute approximate surface area is 210 Å². The summed E-state index contributed by atoms with van der Waals surface area (Å²) < 4.78 is 27.0. The number of hydrogen-bond acceptors (Lipinski definition) is 5. The molecule has 1 amide bonds. The lowest BCUT2D eigenvalue weighted by Gasteiger charge is -2.29. The zero-order valence-electron chi connectivity index (χ0n) is 19.7. The number of nitrogens with zero attached hydrogens (tertiary/aromatic N) is 2. The fourth-order valence-corrected chi connectivity index (χ4v) is 5.30. The van der Waals surface area contributed by atoms with Crippen molar-refractivity contribution in [2.24, 2.45) is 10.9 Å². The summed E-state index contributed by atoms with van der Waals surface area (Å²) >= 11 is 0. The number of rotatable bonds is 6. The van der Waals surface area contributed by atoms with E-state index in [1.807, 2.05) is 36.4 Å². The fourth-order valence-electron chi connectivity index (χ4n) is 5.30. The molecule has 1 aromatic heterocycles. The van der Waals surface area contributed by atoms with Crippen LogP contribution in [-0.4, -0.2) is 34.6 Å². The van der Waals surface area contributed by atoms with Gasteiger partial charge >= 0.3 is 5.76 Å². The third-order valence-corrected chi connectivity index (χ3v) is 7.17. The fraction of sp³-hybridized carbons (Fsp3) is 0.207. The summed E-state index contributed by atoms with van der Waals surface area (Å²) in [5.41, 5.74) is 3.64. The van der Waals surface area contributed by atoms with Crippen molar-refractivity contribution in [3.05, 3.63) is 105 Å². The largest absolute Gasteiger partial charge is 0.457 e. The van der Waals surface area contributed by atoms with E-state index < -0.39 is 17.6 Å². The van der Waals surface area contributed by atoms with Gasteiger partial charge in [0.25, 0.3) is 5.91 Å². The van der Waals surface area contributed by atoms with E-state index in [1.54, 1.807) is 29.2 Å². The van der Waals surface area contributed by atoms with Crippen molar-refractivity contribution in [1.29, 1.82) is 0 Å². The standard InChI is InChI=1S/C29H22FN3O4/c30-22-12-11-18(36-17-5-2-1-3-6-17)13-20(22)26-24-21(28(34)33(26)15-16-9-10-16)14-31-25(24)19-7-4-8-23-27(19)37-29(35)32-23/h1-8,11-13,16,26H,9-10,14-15H2,(H,32,35). The van der Waals surface area contributed by atoms with Gasteiger partial charge in [0.15, 0.2) is 5.58 Å². The SMILES string of the molecule is O=C1C2=C(C(c3cccc4[nH]c(=O)oc34)=NC2)C(c2cc(Oc3ccccc3)ccc2F)N1CC1CC1. The summed E-state index contributed by atoms with van der Waals surface area (Å²) in [6, 6.07) is 18.6. The van der Waals surface area contributed by atoms with E-state index >= 15 is 4.39 Å². The van der Waals surface area contributed by atoms with Crippen LogP contribution < -0.4 is 10.5 Å². The molecule has 1 N–H and O–H groups in total. The molecule has 0 spiro atoms. The topological polar surface area (TPSA) is 87.9 Å². The van der Waals surface area contributed by atoms with E-state index in [-0.39, 0.29) is 12.5 Å². The van der Waals surface area contributed by atoms with Crippen LogP contribution in [0, 0.1) is 11.7 Å². The Kier molecular flexibility index (Phi) is 4.89. The number of fused-ring (bicyclic) bond motifs is 1. The summed E-state index contributed by atoms with van der Waals surface area (Å²) in [6.45, 7) is 0.754. The monoisotopic (exact) mass is 495 g/mol. The van der Waals surface area contributed by atoms with E-state index in [0.29, 0.717) is 63.0 Å². The average molecular weight is 496 g/mol. The number of benzene rings is 3. The molecule has 3 aliphatic rings. The molecule has 3 aromatic carbocycles. The van der Waals surface area contributed by atoms with Gasteiger partial charge in [-0.15, -0.1) is 0 Å². The second kappa shape index (κ2) is 8.30. The third-order valence-electron chi connectivity index (χ3n) is 7.17. The first kappa shape index (κ1) is 21.8. The molecule has 2 aliphatic heterocycles. The molecule has 37 heavy (non-hydrogen) atoms. The predicted molar refractivity (Wildman–Crippen MR) is 135 cm³/mol. The number of aromatic amines is 1. The number of aromatic nitrogens is 1. The number of nitrogens with one attached hydrogen (secondary N) is 1. The van der Waals surface area contributed by atoms with Crippen molar-refractivity contribution in [3.8, 4) is 11.5 Å². The zero-order chi connectivity index (χ0) is 25.1. The van der Waals surface area contributed by atoms with Crippen molar-refractivity contribution in [3.63, 3.8) is 0 Å². The van der Waals surface area contributed by atoms with Crippen LogP contribution in [0.2, 0.25) is 0 Å². The van der Waals surface area contributed by atoms with Gasteiger partial charge in [0.2, 0.25) is 0 Å². The molecule has 4 aromatic rings. The first-order valence-electron chi connectivity index (χ1n) is 12.3. The van der Waals surface area contributed by atoms with Gasteiger partial charge in [-0.3, -0.25) is 14.8 Å². The number of oxazole rings is 1. The van der Waals surface area contributed by atoms with Gasteiger partial charge in [0.05, 0.1) is 23.8 Å². The Morgan fingerprint density at radius 3 is 2.68 bits per heavy atom. The van der Waals surface area contributed by atoms with Crippen molar-refractivity contribution in [2.45, 2.75) is 18.9 Å². The zero-order valence-corrected chi connectivity index (χ0v) is 19.7. The lowest BCUT2D eigenvalue weighted by molar-refractivity contribution is -0.127. The second-order valence-corrected chi connectivity index (χ2v) is 9.66. The molecule has 0 radical (unpaired) electrons. The Morgan fingerprint density at radius 2 is 1.86 bits per heavy atom. The molecular formula is C29H22FN3O4. The highest BCUT2D eigenvalue weighted by Crippen LogP contribution is 2.46. The van der Waals surface area contributed by atoms with Gasteiger partial charge in [-0.2, -0.15) is 0 Å². The number of hydrogen-bond donors (Lipinski definition) is 1. The van der Waals surface area contributed by atoms with Gasteiger partial charge in [-0.1, -0.05) is 24.3 Å². The number of carbonyl (C=O) groups is 1. The molecule has 1 unspecified atom stereocenters. The van der Waals surface area contributed by atoms with E-state index in [0.717, 1.165) is 12.8 Å². The Bertz CT molecular complexity index is 1680. The van der Waals surface area contributed by atoms with Crippen LogP contribution in [0.1, 0.15) is 30.0 Å². The van der Waals surface area contributed by atoms with Gasteiger partial charge in [0.1, 0.15) is 17.3 Å². The van der Waals surface area contributed by atoms with Gasteiger partial charge < -0.3 is 14.1 Å². The van der Waals surface area contributed by atoms with Crippen LogP contribution in [0.15, 0.2) is 92.1 Å². The molecule has 1 atom stereocenters. The molecule has 1 fully saturated rings. The predicted octanol–water partition coefficient (Wildman–Crippen LogP) is 5.15. The maximum atomic E-state index is 15.5. The molecule has 7 nitrogen and oxygen atoms in total. The van der Waals surface area contributed by atoms with Crippen molar-refractivity contribution in [1.82, 2.24) is 9.88 Å². The van der Waals surface area contributed by atoms with Gasteiger partial charge in [-0.25, -0.2) is 9.18 Å². The first-order chi connectivity index (χ1) is 18.1. The Balaban J connectivity index is 1.35. The highest BCUT2D eigenvalue weighted by atomic mass is 19.1. The molecule has 3 heterocycles. The number of halogens is 1. The van der Waals surface area contributed by atoms with E-state index in [4.69, 9.17) is 14.1 Å². The van der Waals surface area contributed by atoms with E-state index in [2.05, 4.69) is 4.98 Å². The first-order valence-corrected chi connectivity index (χ1v) is 12.3. The summed E-state index contributed by atoms with van der Waals surface area (Å²) in [6.07, 6.45) is 2.10. The maximum Gasteiger partial charge on any atom is 0.417 e. The minimum absolute atomic E-state index is 0.123. The number of aliphatic imine (C=N–C) groups is 1. The summed E-state index contributed by atoms with van der Waals surface area (Å²) in [5.74, 6) is 0.402. The molecule has 8 heteroatoms. The van der Waals surface area contributed by atoms with E-state index in [1.165, 1.54) is 6.07 Å². The van der Waals surface area contributed by atoms with Crippen LogP contribution in [0.3, 0.4) is 0 Å². The molecule has 1 saturated carbocycles. The minimum Gasteiger partial charge on any atom is -0.457 e. The smallest absolute Gasteiger partial charge is 0.417 e. The molecule has 0 saturated heterocycles. The lowest BCUT2D eigenvalue weighted by Crippen LogP contribution is -2.34. The van der Waals surface area contributed by atoms with Crippen molar-refractivity contribution >= 4 is 22.7 Å². The van der Waals surface area contributed by atoms with Crippen LogP contribution in [0.5, 0.6) is 11.5 Å². The average Bonchev–Trinajstić information content (AvgIpc) is 3.38. The van der Waals surface area contributed by atoms with Gasteiger partial charge in [0, 0.05) is 28.8 Å². The Morgan fingerprint density at radius 1 is 1.03 bits per heavy atom. The van der Waals surface area contributed by atoms with Crippen molar-refractivity contribution in [2.75, 3.05) is 13.1 Å². The minimum atomic E-state index is -0.662. The van der Waals surface area contributed by atoms with Gasteiger partial charge in [-0.05, 0) is 61.2 Å². The van der Waals surface area contributed by atoms with Crippen LogP contribution >= 0.6 is 0 Å². The number of H-pyrrole nitrogens is 1. The van der Waals surface area contributed by atoms with Crippen molar-refractivity contribution < 1.29 is 18.3 Å². The molecular weight excluding hydrogens is 473 g/mol. The lowest BCUT2D eigenvalue weighted by atomic mass is 9.91. The number of ether oxygens (including phenoxy) is 1.